The Bertz CT molecular complexity index is 1150. The summed E-state index contributed by atoms with van der Waals surface area (Å²) in [5, 5.41) is 2.68. The van der Waals surface area contributed by atoms with Gasteiger partial charge >= 0.3 is 0 Å². The topological polar surface area (TPSA) is 89.3 Å². The van der Waals surface area contributed by atoms with Gasteiger partial charge in [0.25, 0.3) is 0 Å². The van der Waals surface area contributed by atoms with Crippen molar-refractivity contribution in [1.29, 1.82) is 0 Å². The van der Waals surface area contributed by atoms with Gasteiger partial charge in [-0.1, -0.05) is 29.8 Å². The van der Waals surface area contributed by atoms with Gasteiger partial charge in [-0.3, -0.25) is 4.79 Å². The predicted octanol–water partition coefficient (Wildman–Crippen LogP) is 4.13. The number of nitrogens with zero attached hydrogens (tertiary/aromatic N) is 1. The number of aryl methyl sites for hydroxylation is 4. The SMILES string of the molecule is Cc1ccc(-c2nc(CS(=O)(=O)CC(=O)Nc3cc(C)ccc3C)c(C)o2)cc1. The van der Waals surface area contributed by atoms with E-state index in [9.17, 15) is 13.2 Å². The number of oxazole rings is 1. The Labute approximate surface area is 170 Å². The Morgan fingerprint density at radius 1 is 1.00 bits per heavy atom. The van der Waals surface area contributed by atoms with Crippen LogP contribution in [-0.4, -0.2) is 25.1 Å². The predicted molar refractivity (Wildman–Crippen MR) is 113 cm³/mol. The summed E-state index contributed by atoms with van der Waals surface area (Å²) in [5.74, 6) is -0.744. The van der Waals surface area contributed by atoms with Gasteiger partial charge in [0.05, 0.1) is 11.4 Å². The van der Waals surface area contributed by atoms with Crippen molar-refractivity contribution >= 4 is 21.4 Å². The van der Waals surface area contributed by atoms with Crippen LogP contribution in [-0.2, 0) is 20.4 Å². The normalized spacial score (nSPS) is 11.4. The van der Waals surface area contributed by atoms with Crippen molar-refractivity contribution in [3.05, 3.63) is 70.6 Å². The molecule has 7 heteroatoms. The lowest BCUT2D eigenvalue weighted by atomic mass is 10.1. The van der Waals surface area contributed by atoms with Crippen molar-refractivity contribution in [2.75, 3.05) is 11.1 Å². The fraction of sp³-hybridized carbons (Fsp3) is 0.273. The Hall–Kier alpha value is -2.93. The summed E-state index contributed by atoms with van der Waals surface area (Å²) in [6.07, 6.45) is 0. The molecule has 0 spiro atoms. The number of carbonyl (C=O) groups excluding carboxylic acids is 1. The standard InChI is InChI=1S/C22H24N2O4S/c1-14-6-9-18(10-7-14)22-24-20(17(4)28-22)12-29(26,27)13-21(25)23-19-11-15(2)5-8-16(19)3/h5-11H,12-13H2,1-4H3,(H,23,25). The Morgan fingerprint density at radius 2 is 1.66 bits per heavy atom. The van der Waals surface area contributed by atoms with Crippen molar-refractivity contribution in [3.8, 4) is 11.5 Å². The van der Waals surface area contributed by atoms with Gasteiger partial charge in [-0.15, -0.1) is 0 Å². The van der Waals surface area contributed by atoms with E-state index < -0.39 is 21.5 Å². The molecule has 3 rings (SSSR count). The molecule has 0 bridgehead atoms. The molecule has 0 aliphatic carbocycles. The van der Waals surface area contributed by atoms with Crippen LogP contribution in [0.5, 0.6) is 0 Å². The van der Waals surface area contributed by atoms with Crippen LogP contribution >= 0.6 is 0 Å². The van der Waals surface area contributed by atoms with Crippen LogP contribution < -0.4 is 5.32 Å². The van der Waals surface area contributed by atoms with E-state index >= 15 is 0 Å². The highest BCUT2D eigenvalue weighted by molar-refractivity contribution is 7.91. The third kappa shape index (κ3) is 5.32. The molecule has 0 saturated carbocycles. The lowest BCUT2D eigenvalue weighted by Crippen LogP contribution is -2.24. The second-order valence-electron chi connectivity index (χ2n) is 7.29. The molecule has 0 atom stereocenters. The summed E-state index contributed by atoms with van der Waals surface area (Å²) in [4.78, 5) is 16.6. The minimum atomic E-state index is -3.71. The molecule has 0 saturated heterocycles. The van der Waals surface area contributed by atoms with Crippen molar-refractivity contribution in [2.45, 2.75) is 33.4 Å². The summed E-state index contributed by atoms with van der Waals surface area (Å²) in [5.41, 5.74) is 4.67. The fourth-order valence-electron chi connectivity index (χ4n) is 2.90. The Kier molecular flexibility index (Phi) is 5.88. The van der Waals surface area contributed by atoms with Crippen molar-refractivity contribution in [2.24, 2.45) is 0 Å². The van der Waals surface area contributed by atoms with Crippen LogP contribution in [0.25, 0.3) is 11.5 Å². The molecule has 1 aromatic heterocycles. The first-order chi connectivity index (χ1) is 13.6. The van der Waals surface area contributed by atoms with Gasteiger partial charge in [0.15, 0.2) is 9.84 Å². The average Bonchev–Trinajstić information content (AvgIpc) is 2.98. The maximum absolute atomic E-state index is 12.6. The minimum Gasteiger partial charge on any atom is -0.441 e. The Morgan fingerprint density at radius 3 is 2.34 bits per heavy atom. The highest BCUT2D eigenvalue weighted by atomic mass is 32.2. The van der Waals surface area contributed by atoms with Gasteiger partial charge in [-0.2, -0.15) is 0 Å². The monoisotopic (exact) mass is 412 g/mol. The number of amides is 1. The number of hydrogen-bond acceptors (Lipinski definition) is 5. The lowest BCUT2D eigenvalue weighted by Gasteiger charge is -2.09. The lowest BCUT2D eigenvalue weighted by molar-refractivity contribution is -0.113. The van der Waals surface area contributed by atoms with E-state index in [1.165, 1.54) is 0 Å². The number of nitrogens with one attached hydrogen (secondary N) is 1. The molecule has 0 aliphatic rings. The minimum absolute atomic E-state index is 0.320. The molecule has 1 heterocycles. The first kappa shape index (κ1) is 20.8. The summed E-state index contributed by atoms with van der Waals surface area (Å²) >= 11 is 0. The molecule has 0 unspecified atom stereocenters. The molecule has 152 valence electrons. The first-order valence-electron chi connectivity index (χ1n) is 9.24. The summed E-state index contributed by atoms with van der Waals surface area (Å²) in [7, 11) is -3.71. The van der Waals surface area contributed by atoms with Gasteiger partial charge in [-0.05, 0) is 57.0 Å². The van der Waals surface area contributed by atoms with Gasteiger partial charge in [0, 0.05) is 11.3 Å². The summed E-state index contributed by atoms with van der Waals surface area (Å²) < 4.78 is 30.7. The summed E-state index contributed by atoms with van der Waals surface area (Å²) in [6, 6.07) is 13.2. The van der Waals surface area contributed by atoms with Crippen LogP contribution in [0.3, 0.4) is 0 Å². The third-order valence-corrected chi connectivity index (χ3v) is 5.98. The van der Waals surface area contributed by atoms with Crippen LogP contribution in [0, 0.1) is 27.7 Å². The van der Waals surface area contributed by atoms with E-state index in [-0.39, 0.29) is 5.75 Å². The van der Waals surface area contributed by atoms with Gasteiger partial charge in [0.2, 0.25) is 11.8 Å². The Balaban J connectivity index is 1.71. The second kappa shape index (κ2) is 8.21. The maximum atomic E-state index is 12.6. The first-order valence-corrected chi connectivity index (χ1v) is 11.1. The zero-order valence-electron chi connectivity index (χ0n) is 16.9. The number of anilines is 1. The van der Waals surface area contributed by atoms with Crippen molar-refractivity contribution < 1.29 is 17.6 Å². The van der Waals surface area contributed by atoms with Gasteiger partial charge in [-0.25, -0.2) is 13.4 Å². The van der Waals surface area contributed by atoms with E-state index in [4.69, 9.17) is 4.42 Å². The highest BCUT2D eigenvalue weighted by Gasteiger charge is 2.22. The average molecular weight is 413 g/mol. The van der Waals surface area contributed by atoms with Crippen LogP contribution in [0.4, 0.5) is 5.69 Å². The highest BCUT2D eigenvalue weighted by Crippen LogP contribution is 2.23. The molecule has 2 aromatic carbocycles. The van der Waals surface area contributed by atoms with Gasteiger partial charge < -0.3 is 9.73 Å². The van der Waals surface area contributed by atoms with Crippen molar-refractivity contribution in [1.82, 2.24) is 4.98 Å². The van der Waals surface area contributed by atoms with Crippen molar-refractivity contribution in [3.63, 3.8) is 0 Å². The number of benzene rings is 2. The van der Waals surface area contributed by atoms with E-state index in [0.717, 1.165) is 22.3 Å². The molecule has 6 nitrogen and oxygen atoms in total. The molecule has 1 N–H and O–H groups in total. The molecule has 0 radical (unpaired) electrons. The van der Waals surface area contributed by atoms with Crippen LogP contribution in [0.15, 0.2) is 46.9 Å². The fourth-order valence-corrected chi connectivity index (χ4v) is 4.16. The van der Waals surface area contributed by atoms with E-state index in [2.05, 4.69) is 10.3 Å². The molecular formula is C22H24N2O4S. The summed E-state index contributed by atoms with van der Waals surface area (Å²) in [6.45, 7) is 7.41. The van der Waals surface area contributed by atoms with Crippen LogP contribution in [0.1, 0.15) is 28.1 Å². The number of aromatic nitrogens is 1. The molecule has 29 heavy (non-hydrogen) atoms. The van der Waals surface area contributed by atoms with E-state index in [1.54, 1.807) is 6.92 Å². The number of carbonyl (C=O) groups is 1. The molecule has 0 aliphatic heterocycles. The molecule has 3 aromatic rings. The smallest absolute Gasteiger partial charge is 0.239 e. The van der Waals surface area contributed by atoms with Crippen LogP contribution in [0.2, 0.25) is 0 Å². The second-order valence-corrected chi connectivity index (χ2v) is 9.35. The van der Waals surface area contributed by atoms with E-state index in [0.29, 0.717) is 23.0 Å². The zero-order chi connectivity index (χ0) is 21.2. The molecule has 0 fully saturated rings. The number of hydrogen-bond donors (Lipinski definition) is 1. The van der Waals surface area contributed by atoms with Gasteiger partial charge in [0.1, 0.15) is 11.5 Å². The number of sulfone groups is 1. The zero-order valence-corrected chi connectivity index (χ0v) is 17.8. The molecular weight excluding hydrogens is 388 g/mol. The third-order valence-electron chi connectivity index (χ3n) is 4.57. The molecule has 1 amide bonds. The quantitative estimate of drug-likeness (QED) is 0.658. The number of rotatable bonds is 6. The maximum Gasteiger partial charge on any atom is 0.239 e. The largest absolute Gasteiger partial charge is 0.441 e. The van der Waals surface area contributed by atoms with E-state index in [1.807, 2.05) is 63.2 Å².